The number of nitrogens with two attached hydrogens (primary N) is 2. The number of aromatic nitrogens is 10. The zero-order valence-electron chi connectivity index (χ0n) is 22.4. The lowest BCUT2D eigenvalue weighted by molar-refractivity contribution is -0.0611. The van der Waals surface area contributed by atoms with E-state index in [1.807, 2.05) is 0 Å². The first-order chi connectivity index (χ1) is 21.7. The second kappa shape index (κ2) is 12.5. The Morgan fingerprint density at radius 3 is 2.07 bits per heavy atom. The Kier molecular flexibility index (Phi) is 8.88. The van der Waals surface area contributed by atoms with Crippen molar-refractivity contribution in [3.8, 4) is 0 Å². The Bertz CT molecular complexity index is 1980. The zero-order valence-corrected chi connectivity index (χ0v) is 25.9. The number of nitrogens with one attached hydrogen (secondary N) is 2. The number of aliphatic hydroxyl groups is 1. The standard InChI is InChI=1S/C18H20F2N12O10P2S2/c19-5-4(40-15(9(5)33)31-11-7(27-29-31)13(34)25-17(21)23-11)2-39-44(37,46)42-10-6(20)3(1-38-43(36)45)41-16(10)32-12-8(28-30-32)14(35)26-18(22)24-12/h3-6,9-10,15-16,33H,1-2H2,(H7-,21,22,23,24,25,26,29,30,34,35,36,37,45,46)/p+1/t3-,4-,5-,6-,9-,10-,15-,16?,44?/m1/s1. The predicted molar refractivity (Wildman–Crippen MR) is 154 cm³/mol. The van der Waals surface area contributed by atoms with E-state index in [4.69, 9.17) is 46.3 Å². The maximum atomic E-state index is 15.7. The molecule has 2 aliphatic rings. The zero-order chi connectivity index (χ0) is 33.1. The molecule has 4 aromatic heterocycles. The molecule has 0 amide bonds. The largest absolute Gasteiger partial charge is 0.582 e. The van der Waals surface area contributed by atoms with Crippen LogP contribution < -0.4 is 22.6 Å². The lowest BCUT2D eigenvalue weighted by atomic mass is 10.1. The molecule has 6 rings (SSSR count). The van der Waals surface area contributed by atoms with E-state index < -0.39 is 87.5 Å². The molecule has 6 heterocycles. The quantitative estimate of drug-likeness (QED) is 0.0704. The number of fused-ring (bicyclic) bond motifs is 2. The van der Waals surface area contributed by atoms with Crippen LogP contribution >= 0.6 is 26.2 Å². The second-order valence-electron chi connectivity index (χ2n) is 9.69. The molecule has 4 aromatic rings. The molecule has 0 spiro atoms. The molecule has 3 unspecified atom stereocenters. The third kappa shape index (κ3) is 6.13. The van der Waals surface area contributed by atoms with Crippen LogP contribution in [0, 0.1) is 0 Å². The summed E-state index contributed by atoms with van der Waals surface area (Å²) in [7, 11) is -2.47. The van der Waals surface area contributed by atoms with Gasteiger partial charge in [0, 0.05) is 0 Å². The van der Waals surface area contributed by atoms with Crippen LogP contribution in [0.3, 0.4) is 0 Å². The van der Waals surface area contributed by atoms with Crippen LogP contribution in [-0.4, -0.2) is 110 Å². The Labute approximate surface area is 263 Å². The third-order valence-electron chi connectivity index (χ3n) is 6.75. The van der Waals surface area contributed by atoms with Gasteiger partial charge in [0.25, 0.3) is 11.1 Å². The smallest absolute Gasteiger partial charge is 0.385 e. The molecule has 10 atom stereocenters. The van der Waals surface area contributed by atoms with Crippen LogP contribution in [-0.2, 0) is 39.4 Å². The number of hydrogen-bond donors (Lipinski definition) is 7. The van der Waals surface area contributed by atoms with E-state index in [0.717, 1.165) is 9.36 Å². The summed E-state index contributed by atoms with van der Waals surface area (Å²) in [6.45, 7) is -5.93. The Morgan fingerprint density at radius 1 is 0.978 bits per heavy atom. The van der Waals surface area contributed by atoms with E-state index in [9.17, 15) is 24.2 Å². The molecule has 2 aliphatic heterocycles. The SMILES string of the molecule is Nc1nc2c(nnn2C2O[C@H](CO[P+](=O)S)[C@@H](F)[C@H]2OP(O)(=S)OC[C@H]2O[C@@H](n3nnc4c(=O)[nH]c(N)nc43)[C@H](O)[C@@H]2F)c(=O)[nH]1. The van der Waals surface area contributed by atoms with Crippen molar-refractivity contribution in [3.63, 3.8) is 0 Å². The minimum Gasteiger partial charge on any atom is -0.385 e. The molecule has 0 aliphatic carbocycles. The highest BCUT2D eigenvalue weighted by Crippen LogP contribution is 2.51. The second-order valence-corrected chi connectivity index (χ2v) is 14.2. The number of alkyl halides is 2. The minimum atomic E-state index is -4.51. The van der Waals surface area contributed by atoms with Gasteiger partial charge in [-0.15, -0.1) is 14.7 Å². The molecule has 28 heteroatoms. The summed E-state index contributed by atoms with van der Waals surface area (Å²) >= 11 is 8.65. The van der Waals surface area contributed by atoms with Gasteiger partial charge in [0.1, 0.15) is 43.3 Å². The van der Waals surface area contributed by atoms with Crippen molar-refractivity contribution >= 4 is 72.2 Å². The van der Waals surface area contributed by atoms with Crippen LogP contribution in [0.5, 0.6) is 0 Å². The third-order valence-corrected chi connectivity index (χ3v) is 9.02. The molecular weight excluding hydrogens is 708 g/mol. The van der Waals surface area contributed by atoms with Gasteiger partial charge in [-0.05, 0) is 16.4 Å². The first-order valence-corrected chi connectivity index (χ1v) is 17.6. The van der Waals surface area contributed by atoms with E-state index in [1.165, 1.54) is 0 Å². The van der Waals surface area contributed by atoms with Crippen molar-refractivity contribution in [1.82, 2.24) is 49.9 Å². The van der Waals surface area contributed by atoms with Crippen molar-refractivity contribution in [1.29, 1.82) is 0 Å². The number of hydrogen-bond acceptors (Lipinski definition) is 18. The molecule has 8 N–H and O–H groups in total. The number of halogens is 2. The number of ether oxygens (including phenoxy) is 2. The van der Waals surface area contributed by atoms with Crippen LogP contribution in [0.2, 0.25) is 0 Å². The Balaban J connectivity index is 1.21. The van der Waals surface area contributed by atoms with Gasteiger partial charge in [-0.1, -0.05) is 10.4 Å². The molecule has 248 valence electrons. The van der Waals surface area contributed by atoms with E-state index in [-0.39, 0.29) is 34.2 Å². The first-order valence-electron chi connectivity index (χ1n) is 12.7. The molecule has 0 saturated carbocycles. The monoisotopic (exact) mass is 729 g/mol. The van der Waals surface area contributed by atoms with E-state index >= 15 is 8.78 Å². The molecule has 0 radical (unpaired) electrons. The normalized spacial score (nSPS) is 29.9. The number of nitrogens with zero attached hydrogens (tertiary/aromatic N) is 8. The van der Waals surface area contributed by atoms with E-state index in [2.05, 4.69) is 52.8 Å². The van der Waals surface area contributed by atoms with Crippen molar-refractivity contribution in [2.45, 2.75) is 49.2 Å². The Hall–Kier alpha value is -3.16. The van der Waals surface area contributed by atoms with E-state index in [1.54, 1.807) is 0 Å². The van der Waals surface area contributed by atoms with Crippen molar-refractivity contribution < 1.29 is 46.4 Å². The lowest BCUT2D eigenvalue weighted by Gasteiger charge is -2.25. The maximum absolute atomic E-state index is 15.7. The molecule has 2 fully saturated rings. The van der Waals surface area contributed by atoms with Crippen molar-refractivity contribution in [2.75, 3.05) is 24.7 Å². The van der Waals surface area contributed by atoms with Crippen LogP contribution in [0.4, 0.5) is 20.7 Å². The lowest BCUT2D eigenvalue weighted by Crippen LogP contribution is -2.33. The van der Waals surface area contributed by atoms with E-state index in [0.29, 0.717) is 0 Å². The summed E-state index contributed by atoms with van der Waals surface area (Å²) < 4.78 is 70.6. The number of aliphatic hydroxyl groups excluding tert-OH is 1. The van der Waals surface area contributed by atoms with Gasteiger partial charge in [0.2, 0.25) is 11.9 Å². The molecule has 2 saturated heterocycles. The highest BCUT2D eigenvalue weighted by molar-refractivity contribution is 8.39. The number of nitrogen functional groups attached to an aromatic ring is 2. The van der Waals surface area contributed by atoms with Crippen LogP contribution in [0.1, 0.15) is 12.5 Å². The van der Waals surface area contributed by atoms with Gasteiger partial charge in [-0.25, -0.2) is 8.78 Å². The number of thiol groups is 1. The van der Waals surface area contributed by atoms with Crippen LogP contribution in [0.15, 0.2) is 9.59 Å². The van der Waals surface area contributed by atoms with Crippen molar-refractivity contribution in [2.24, 2.45) is 0 Å². The number of anilines is 2. The molecule has 46 heavy (non-hydrogen) atoms. The molecular formula is C18H21F2N12O10P2S2+. The fourth-order valence-corrected chi connectivity index (χ4v) is 6.61. The van der Waals surface area contributed by atoms with Crippen molar-refractivity contribution in [3.05, 3.63) is 20.7 Å². The first kappa shape index (κ1) is 32.8. The average Bonchev–Trinajstić information content (AvgIpc) is 3.72. The van der Waals surface area contributed by atoms with Gasteiger partial charge in [-0.2, -0.15) is 19.3 Å². The molecule has 0 aromatic carbocycles. The van der Waals surface area contributed by atoms with Crippen LogP contribution in [0.25, 0.3) is 22.3 Å². The minimum absolute atomic E-state index is 0.212. The van der Waals surface area contributed by atoms with Gasteiger partial charge in [-0.3, -0.25) is 24.1 Å². The molecule has 22 nitrogen and oxygen atoms in total. The Morgan fingerprint density at radius 2 is 1.50 bits per heavy atom. The fourth-order valence-electron chi connectivity index (χ4n) is 4.73. The summed E-state index contributed by atoms with van der Waals surface area (Å²) in [5.74, 6) is -0.638. The topological polar surface area (TPSA) is 309 Å². The van der Waals surface area contributed by atoms with Gasteiger partial charge in [0.15, 0.2) is 47.1 Å². The summed E-state index contributed by atoms with van der Waals surface area (Å²) in [6.07, 6.45) is -14.3. The summed E-state index contributed by atoms with van der Waals surface area (Å²) in [4.78, 5) is 47.4. The average molecular weight is 730 g/mol. The number of H-pyrrole nitrogens is 2. The summed E-state index contributed by atoms with van der Waals surface area (Å²) in [5, 5.41) is 25.3. The maximum Gasteiger partial charge on any atom is 0.582 e. The summed E-state index contributed by atoms with van der Waals surface area (Å²) in [5.41, 5.74) is 8.64. The number of aromatic amines is 2. The molecule has 0 bridgehead atoms. The van der Waals surface area contributed by atoms with Gasteiger partial charge >= 0.3 is 13.9 Å². The van der Waals surface area contributed by atoms with Gasteiger partial charge in [0.05, 0.1) is 6.61 Å². The summed E-state index contributed by atoms with van der Waals surface area (Å²) in [6, 6.07) is 0. The highest BCUT2D eigenvalue weighted by atomic mass is 32.7. The predicted octanol–water partition coefficient (Wildman–Crippen LogP) is -1.74. The number of rotatable bonds is 10. The van der Waals surface area contributed by atoms with Gasteiger partial charge < -0.3 is 35.5 Å². The fraction of sp³-hybridized carbons (Fsp3) is 0.556. The highest BCUT2D eigenvalue weighted by Gasteiger charge is 2.52.